The number of nitrogens with one attached hydrogen (secondary N) is 1. The molecule has 104 valence electrons. The van der Waals surface area contributed by atoms with Gasteiger partial charge < -0.3 is 5.32 Å². The zero-order valence-electron chi connectivity index (χ0n) is 10.4. The van der Waals surface area contributed by atoms with Crippen molar-refractivity contribution in [2.45, 2.75) is 12.7 Å². The largest absolute Gasteiger partial charge is 0.416 e. The Bertz CT molecular complexity index is 654. The minimum Gasteiger partial charge on any atom is -0.377 e. The lowest BCUT2D eigenvalue weighted by molar-refractivity contribution is -0.137. The lowest BCUT2D eigenvalue weighted by Gasteiger charge is -2.10. The fourth-order valence-corrected chi connectivity index (χ4v) is 1.61. The topological polar surface area (TPSA) is 66.5 Å². The second kappa shape index (κ2) is 5.21. The first-order valence-electron chi connectivity index (χ1n) is 5.60. The van der Waals surface area contributed by atoms with E-state index in [1.807, 2.05) is 0 Å². The second-order valence-corrected chi connectivity index (χ2v) is 4.06. The molecule has 2 rings (SSSR count). The van der Waals surface area contributed by atoms with Crippen molar-refractivity contribution >= 4 is 5.69 Å². The molecule has 0 fully saturated rings. The monoisotopic (exact) mass is 281 g/mol. The molecule has 1 aromatic heterocycles. The Hall–Kier alpha value is -2.56. The predicted molar refractivity (Wildman–Crippen MR) is 64.5 cm³/mol. The molecule has 0 spiro atoms. The van der Waals surface area contributed by atoms with Gasteiger partial charge in [0.05, 0.1) is 23.4 Å². The van der Waals surface area contributed by atoms with Crippen LogP contribution in [0, 0.1) is 11.3 Å². The van der Waals surface area contributed by atoms with Gasteiger partial charge in [-0.15, -0.1) is 0 Å². The summed E-state index contributed by atoms with van der Waals surface area (Å²) in [5.41, 5.74) is -0.612. The molecule has 0 saturated carbocycles. The van der Waals surface area contributed by atoms with Gasteiger partial charge in [-0.1, -0.05) is 0 Å². The summed E-state index contributed by atoms with van der Waals surface area (Å²) < 4.78 is 39.1. The molecule has 0 aliphatic carbocycles. The second-order valence-electron chi connectivity index (χ2n) is 4.06. The molecule has 1 aromatic carbocycles. The number of anilines is 1. The van der Waals surface area contributed by atoms with Crippen molar-refractivity contribution in [3.63, 3.8) is 0 Å². The molecule has 1 N–H and O–H groups in total. The number of aromatic nitrogens is 3. The summed E-state index contributed by atoms with van der Waals surface area (Å²) in [4.78, 5) is 3.97. The molecule has 0 radical (unpaired) electrons. The first kappa shape index (κ1) is 13.9. The molecule has 20 heavy (non-hydrogen) atoms. The van der Waals surface area contributed by atoms with Crippen molar-refractivity contribution in [3.8, 4) is 6.07 Å². The predicted octanol–water partition coefficient (Wildman–Crippen LogP) is 2.32. The van der Waals surface area contributed by atoms with Crippen LogP contribution >= 0.6 is 0 Å². The maximum atomic E-state index is 12.5. The number of aryl methyl sites for hydroxylation is 1. The van der Waals surface area contributed by atoms with Crippen LogP contribution in [-0.2, 0) is 19.8 Å². The Balaban J connectivity index is 2.18. The number of halogens is 3. The van der Waals surface area contributed by atoms with Crippen LogP contribution in [-0.4, -0.2) is 14.8 Å². The first-order chi connectivity index (χ1) is 9.40. The van der Waals surface area contributed by atoms with Crippen molar-refractivity contribution < 1.29 is 13.2 Å². The SMILES string of the molecule is Cn1cnc(CNc2ccc(C(F)(F)F)cc2C#N)n1. The highest BCUT2D eigenvalue weighted by Crippen LogP contribution is 2.31. The van der Waals surface area contributed by atoms with E-state index < -0.39 is 11.7 Å². The summed E-state index contributed by atoms with van der Waals surface area (Å²) in [5.74, 6) is 0.483. The average molecular weight is 281 g/mol. The smallest absolute Gasteiger partial charge is 0.377 e. The quantitative estimate of drug-likeness (QED) is 0.937. The normalized spacial score (nSPS) is 11.2. The van der Waals surface area contributed by atoms with Crippen molar-refractivity contribution in [2.75, 3.05) is 5.32 Å². The highest BCUT2D eigenvalue weighted by atomic mass is 19.4. The van der Waals surface area contributed by atoms with Gasteiger partial charge in [-0.2, -0.15) is 23.5 Å². The van der Waals surface area contributed by atoms with E-state index in [1.165, 1.54) is 17.1 Å². The van der Waals surface area contributed by atoms with Gasteiger partial charge in [0, 0.05) is 7.05 Å². The van der Waals surface area contributed by atoms with Gasteiger partial charge in [0.1, 0.15) is 12.4 Å². The van der Waals surface area contributed by atoms with Gasteiger partial charge in [-0.3, -0.25) is 4.68 Å². The maximum Gasteiger partial charge on any atom is 0.416 e. The first-order valence-corrected chi connectivity index (χ1v) is 5.60. The standard InChI is InChI=1S/C12H10F3N5/c1-20-7-18-11(19-20)6-17-10-3-2-9(12(13,14)15)4-8(10)5-16/h2-4,7,17H,6H2,1H3. The molecule has 0 bridgehead atoms. The number of alkyl halides is 3. The van der Waals surface area contributed by atoms with E-state index in [4.69, 9.17) is 5.26 Å². The van der Waals surface area contributed by atoms with Crippen LogP contribution in [0.3, 0.4) is 0 Å². The van der Waals surface area contributed by atoms with E-state index in [-0.39, 0.29) is 12.1 Å². The Kier molecular flexibility index (Phi) is 3.61. The third-order valence-electron chi connectivity index (χ3n) is 2.55. The van der Waals surface area contributed by atoms with Crippen molar-refractivity contribution in [1.29, 1.82) is 5.26 Å². The number of nitrogens with zero attached hydrogens (tertiary/aromatic N) is 4. The molecule has 0 atom stereocenters. The highest BCUT2D eigenvalue weighted by molar-refractivity contribution is 5.58. The maximum absolute atomic E-state index is 12.5. The summed E-state index contributed by atoms with van der Waals surface area (Å²) in [6.45, 7) is 0.223. The minimum atomic E-state index is -4.47. The third kappa shape index (κ3) is 3.06. The van der Waals surface area contributed by atoms with Crippen LogP contribution in [0.5, 0.6) is 0 Å². The molecule has 5 nitrogen and oxygen atoms in total. The van der Waals surface area contributed by atoms with Gasteiger partial charge in [0.2, 0.25) is 0 Å². The van der Waals surface area contributed by atoms with E-state index in [9.17, 15) is 13.2 Å². The van der Waals surface area contributed by atoms with Gasteiger partial charge in [-0.05, 0) is 18.2 Å². The van der Waals surface area contributed by atoms with E-state index in [1.54, 1.807) is 13.1 Å². The van der Waals surface area contributed by atoms with Crippen LogP contribution in [0.25, 0.3) is 0 Å². The summed E-state index contributed by atoms with van der Waals surface area (Å²) in [6.07, 6.45) is -2.96. The molecule has 0 saturated heterocycles. The summed E-state index contributed by atoms with van der Waals surface area (Å²) in [7, 11) is 1.70. The Morgan fingerprint density at radius 2 is 2.15 bits per heavy atom. The van der Waals surface area contributed by atoms with Gasteiger partial charge >= 0.3 is 6.18 Å². The highest BCUT2D eigenvalue weighted by Gasteiger charge is 2.31. The zero-order valence-corrected chi connectivity index (χ0v) is 10.4. The van der Waals surface area contributed by atoms with E-state index >= 15 is 0 Å². The van der Waals surface area contributed by atoms with Crippen molar-refractivity contribution in [2.24, 2.45) is 7.05 Å². The Labute approximate surface area is 112 Å². The average Bonchev–Trinajstić information content (AvgIpc) is 2.81. The number of benzene rings is 1. The molecule has 0 unspecified atom stereocenters. The van der Waals surface area contributed by atoms with Crippen LogP contribution in [0.1, 0.15) is 17.0 Å². The fraction of sp³-hybridized carbons (Fsp3) is 0.250. The number of hydrogen-bond acceptors (Lipinski definition) is 4. The Morgan fingerprint density at radius 1 is 1.40 bits per heavy atom. The fourth-order valence-electron chi connectivity index (χ4n) is 1.61. The van der Waals surface area contributed by atoms with Crippen LogP contribution in [0.4, 0.5) is 18.9 Å². The van der Waals surface area contributed by atoms with Gasteiger partial charge in [0.15, 0.2) is 5.82 Å². The van der Waals surface area contributed by atoms with Crippen molar-refractivity contribution in [3.05, 3.63) is 41.5 Å². The number of hydrogen-bond donors (Lipinski definition) is 1. The number of nitriles is 1. The summed E-state index contributed by atoms with van der Waals surface area (Å²) in [6, 6.07) is 4.71. The molecule has 0 aliphatic heterocycles. The molecule has 8 heteroatoms. The molecular formula is C12H10F3N5. The summed E-state index contributed by atoms with van der Waals surface area (Å²) >= 11 is 0. The minimum absolute atomic E-state index is 0.0734. The van der Waals surface area contributed by atoms with Gasteiger partial charge in [-0.25, -0.2) is 4.98 Å². The van der Waals surface area contributed by atoms with Crippen LogP contribution in [0.2, 0.25) is 0 Å². The van der Waals surface area contributed by atoms with Crippen LogP contribution < -0.4 is 5.32 Å². The third-order valence-corrected chi connectivity index (χ3v) is 2.55. The molecule has 2 aromatic rings. The Morgan fingerprint density at radius 3 is 2.70 bits per heavy atom. The zero-order chi connectivity index (χ0) is 14.8. The summed E-state index contributed by atoms with van der Waals surface area (Å²) in [5, 5.41) is 15.8. The van der Waals surface area contributed by atoms with E-state index in [2.05, 4.69) is 15.4 Å². The van der Waals surface area contributed by atoms with Crippen LogP contribution in [0.15, 0.2) is 24.5 Å². The molecule has 0 aliphatic rings. The number of rotatable bonds is 3. The van der Waals surface area contributed by atoms with E-state index in [0.717, 1.165) is 12.1 Å². The lowest BCUT2D eigenvalue weighted by Crippen LogP contribution is -2.08. The molecular weight excluding hydrogens is 271 g/mol. The van der Waals surface area contributed by atoms with Gasteiger partial charge in [0.25, 0.3) is 0 Å². The van der Waals surface area contributed by atoms with Crippen molar-refractivity contribution in [1.82, 2.24) is 14.8 Å². The molecule has 0 amide bonds. The lowest BCUT2D eigenvalue weighted by atomic mass is 10.1. The van der Waals surface area contributed by atoms with E-state index in [0.29, 0.717) is 11.5 Å². The molecule has 1 heterocycles.